The third-order valence-electron chi connectivity index (χ3n) is 4.04. The average molecular weight is 434 g/mol. The zero-order chi connectivity index (χ0) is 19.9. The van der Waals surface area contributed by atoms with Gasteiger partial charge in [0.05, 0.1) is 15.6 Å². The molecule has 0 fully saturated rings. The lowest BCUT2D eigenvalue weighted by atomic mass is 10.1. The lowest BCUT2D eigenvalue weighted by Crippen LogP contribution is -2.11. The van der Waals surface area contributed by atoms with E-state index in [1.807, 2.05) is 19.1 Å². The highest BCUT2D eigenvalue weighted by molar-refractivity contribution is 7.87. The average Bonchev–Trinajstić information content (AvgIpc) is 3.09. The minimum Gasteiger partial charge on any atom is -0.436 e. The Kier molecular flexibility index (Phi) is 4.79. The van der Waals surface area contributed by atoms with E-state index in [2.05, 4.69) is 4.98 Å². The summed E-state index contributed by atoms with van der Waals surface area (Å²) in [5.41, 5.74) is 2.55. The molecule has 0 unspecified atom stereocenters. The van der Waals surface area contributed by atoms with Gasteiger partial charge in [0.15, 0.2) is 11.3 Å². The van der Waals surface area contributed by atoms with Crippen molar-refractivity contribution in [3.63, 3.8) is 0 Å². The van der Waals surface area contributed by atoms with Crippen molar-refractivity contribution in [2.75, 3.05) is 0 Å². The van der Waals surface area contributed by atoms with Crippen LogP contribution < -0.4 is 4.18 Å². The molecule has 0 aliphatic carbocycles. The van der Waals surface area contributed by atoms with Gasteiger partial charge in [-0.15, -0.1) is 0 Å². The summed E-state index contributed by atoms with van der Waals surface area (Å²) >= 11 is 12.0. The van der Waals surface area contributed by atoms with Crippen molar-refractivity contribution in [2.24, 2.45) is 0 Å². The van der Waals surface area contributed by atoms with Crippen LogP contribution in [0, 0.1) is 6.92 Å². The molecule has 0 amide bonds. The summed E-state index contributed by atoms with van der Waals surface area (Å²) in [5, 5.41) is 0.0223. The molecule has 1 aromatic heterocycles. The summed E-state index contributed by atoms with van der Waals surface area (Å²) in [4.78, 5) is 4.21. The zero-order valence-corrected chi connectivity index (χ0v) is 16.8. The monoisotopic (exact) mass is 433 g/mol. The third-order valence-corrected chi connectivity index (χ3v) is 6.25. The number of aromatic nitrogens is 1. The van der Waals surface area contributed by atoms with Crippen molar-refractivity contribution < 1.29 is 17.0 Å². The van der Waals surface area contributed by atoms with Gasteiger partial charge in [0.25, 0.3) is 0 Å². The van der Waals surface area contributed by atoms with Crippen LogP contribution >= 0.6 is 23.2 Å². The Labute approximate surface area is 171 Å². The topological polar surface area (TPSA) is 69.4 Å². The number of para-hydroxylation sites is 2. The second-order valence-electron chi connectivity index (χ2n) is 6.08. The predicted octanol–water partition coefficient (Wildman–Crippen LogP) is 5.88. The molecule has 0 spiro atoms. The molecule has 0 saturated heterocycles. The molecule has 0 atom stereocenters. The molecular formula is C20H13Cl2NO4S. The quantitative estimate of drug-likeness (QED) is 0.376. The first-order valence-corrected chi connectivity index (χ1v) is 10.4. The van der Waals surface area contributed by atoms with E-state index < -0.39 is 10.1 Å². The second kappa shape index (κ2) is 7.13. The molecule has 8 heteroatoms. The minimum absolute atomic E-state index is 0.0770. The van der Waals surface area contributed by atoms with Gasteiger partial charge in [-0.2, -0.15) is 8.42 Å². The Bertz CT molecular complexity index is 1270. The highest BCUT2D eigenvalue weighted by Gasteiger charge is 2.24. The molecule has 0 N–H and O–H groups in total. The summed E-state index contributed by atoms with van der Waals surface area (Å²) in [7, 11) is -4.23. The summed E-state index contributed by atoms with van der Waals surface area (Å²) in [6.07, 6.45) is 0. The van der Waals surface area contributed by atoms with Gasteiger partial charge >= 0.3 is 10.1 Å². The van der Waals surface area contributed by atoms with E-state index in [-0.39, 0.29) is 26.6 Å². The SMILES string of the molecule is Cc1ccc(OS(=O)(=O)c2cccc(Cl)c2Cl)c(-c2nc3ccccc3o2)c1. The van der Waals surface area contributed by atoms with E-state index in [1.165, 1.54) is 18.2 Å². The van der Waals surface area contributed by atoms with Crippen LogP contribution in [-0.2, 0) is 10.1 Å². The van der Waals surface area contributed by atoms with Crippen molar-refractivity contribution in [1.29, 1.82) is 0 Å². The number of oxazole rings is 1. The standard InChI is InChI=1S/C20H13Cl2NO4S/c1-12-9-10-16(27-28(24,25)18-8-4-5-14(21)19(18)22)13(11-12)20-23-15-6-2-3-7-17(15)26-20/h2-11H,1H3. The molecule has 3 aromatic carbocycles. The van der Waals surface area contributed by atoms with Crippen molar-refractivity contribution in [3.05, 3.63) is 76.3 Å². The summed E-state index contributed by atoms with van der Waals surface area (Å²) in [5.74, 6) is 0.334. The lowest BCUT2D eigenvalue weighted by molar-refractivity contribution is 0.485. The molecule has 0 aliphatic heterocycles. The van der Waals surface area contributed by atoms with E-state index >= 15 is 0 Å². The van der Waals surface area contributed by atoms with Crippen molar-refractivity contribution in [2.45, 2.75) is 11.8 Å². The molecular weight excluding hydrogens is 421 g/mol. The first-order chi connectivity index (χ1) is 13.3. The van der Waals surface area contributed by atoms with Gasteiger partial charge in [0.2, 0.25) is 5.89 Å². The number of nitrogens with zero attached hydrogens (tertiary/aromatic N) is 1. The number of aryl methyl sites for hydroxylation is 1. The van der Waals surface area contributed by atoms with Gasteiger partial charge in [0, 0.05) is 0 Å². The van der Waals surface area contributed by atoms with Crippen molar-refractivity contribution in [1.82, 2.24) is 4.98 Å². The number of hydrogen-bond acceptors (Lipinski definition) is 5. The molecule has 4 aromatic rings. The van der Waals surface area contributed by atoms with Crippen LogP contribution in [0.5, 0.6) is 5.75 Å². The highest BCUT2D eigenvalue weighted by atomic mass is 35.5. The van der Waals surface area contributed by atoms with E-state index in [9.17, 15) is 8.42 Å². The molecule has 4 rings (SSSR count). The Hall–Kier alpha value is -2.54. The Balaban J connectivity index is 1.82. The molecule has 142 valence electrons. The molecule has 0 bridgehead atoms. The van der Waals surface area contributed by atoms with Crippen LogP contribution in [0.4, 0.5) is 0 Å². The zero-order valence-electron chi connectivity index (χ0n) is 14.5. The Morgan fingerprint density at radius 2 is 1.79 bits per heavy atom. The number of benzene rings is 3. The summed E-state index contributed by atoms with van der Waals surface area (Å²) in [6.45, 7) is 1.87. The van der Waals surface area contributed by atoms with Gasteiger partial charge in [-0.3, -0.25) is 0 Å². The first-order valence-electron chi connectivity index (χ1n) is 8.20. The van der Waals surface area contributed by atoms with Gasteiger partial charge in [-0.25, -0.2) is 4.98 Å². The Morgan fingerprint density at radius 3 is 2.57 bits per heavy atom. The third kappa shape index (κ3) is 3.46. The van der Waals surface area contributed by atoms with E-state index in [0.717, 1.165) is 5.56 Å². The Morgan fingerprint density at radius 1 is 1.00 bits per heavy atom. The van der Waals surface area contributed by atoms with Crippen molar-refractivity contribution in [3.8, 4) is 17.2 Å². The van der Waals surface area contributed by atoms with Gasteiger partial charge in [0.1, 0.15) is 10.4 Å². The van der Waals surface area contributed by atoms with E-state index in [4.69, 9.17) is 31.8 Å². The molecule has 1 heterocycles. The summed E-state index contributed by atoms with van der Waals surface area (Å²) in [6, 6.07) is 16.6. The number of fused-ring (bicyclic) bond motifs is 1. The maximum absolute atomic E-state index is 12.8. The minimum atomic E-state index is -4.23. The smallest absolute Gasteiger partial charge is 0.340 e. The van der Waals surface area contributed by atoms with Gasteiger partial charge in [-0.05, 0) is 43.3 Å². The molecule has 0 aliphatic rings. The van der Waals surface area contributed by atoms with E-state index in [0.29, 0.717) is 16.7 Å². The van der Waals surface area contributed by atoms with Gasteiger partial charge < -0.3 is 8.60 Å². The number of halogens is 2. The van der Waals surface area contributed by atoms with Crippen LogP contribution in [0.15, 0.2) is 70.0 Å². The summed E-state index contributed by atoms with van der Waals surface area (Å²) < 4.78 is 36.8. The van der Waals surface area contributed by atoms with Gasteiger partial charge in [-0.1, -0.05) is 53.0 Å². The molecule has 28 heavy (non-hydrogen) atoms. The number of hydrogen-bond donors (Lipinski definition) is 0. The second-order valence-corrected chi connectivity index (χ2v) is 8.38. The highest BCUT2D eigenvalue weighted by Crippen LogP contribution is 2.36. The fourth-order valence-corrected chi connectivity index (χ4v) is 4.40. The van der Waals surface area contributed by atoms with Crippen LogP contribution in [0.3, 0.4) is 0 Å². The normalized spacial score (nSPS) is 11.7. The van der Waals surface area contributed by atoms with Crippen LogP contribution in [0.25, 0.3) is 22.6 Å². The maximum Gasteiger partial charge on any atom is 0.340 e. The van der Waals surface area contributed by atoms with Crippen LogP contribution in [0.1, 0.15) is 5.56 Å². The lowest BCUT2D eigenvalue weighted by Gasteiger charge is -2.12. The number of rotatable bonds is 4. The van der Waals surface area contributed by atoms with Crippen molar-refractivity contribution >= 4 is 44.4 Å². The predicted molar refractivity (Wildman–Crippen MR) is 108 cm³/mol. The van der Waals surface area contributed by atoms with Crippen LogP contribution in [0.2, 0.25) is 10.0 Å². The largest absolute Gasteiger partial charge is 0.436 e. The molecule has 0 saturated carbocycles. The first kappa shape index (κ1) is 18.8. The van der Waals surface area contributed by atoms with Crippen LogP contribution in [-0.4, -0.2) is 13.4 Å². The fourth-order valence-electron chi connectivity index (χ4n) is 2.71. The van der Waals surface area contributed by atoms with E-state index in [1.54, 1.807) is 30.3 Å². The molecule has 0 radical (unpaired) electrons. The maximum atomic E-state index is 12.8. The molecule has 5 nitrogen and oxygen atoms in total. The fraction of sp³-hybridized carbons (Fsp3) is 0.0500.